The SMILES string of the molecule is CCO[C@@H]1C[C@H]1C(=O)N[C@H]1CCc2nc(C)cn2C1. The molecule has 1 aromatic heterocycles. The van der Waals surface area contributed by atoms with Gasteiger partial charge in [0.2, 0.25) is 5.91 Å². The van der Waals surface area contributed by atoms with Crippen LogP contribution in [0.2, 0.25) is 0 Å². The van der Waals surface area contributed by atoms with E-state index in [1.165, 1.54) is 0 Å². The zero-order valence-electron chi connectivity index (χ0n) is 11.6. The third-order valence-electron chi connectivity index (χ3n) is 3.91. The first-order valence-corrected chi connectivity index (χ1v) is 7.12. The highest BCUT2D eigenvalue weighted by molar-refractivity contribution is 5.82. The highest BCUT2D eigenvalue weighted by atomic mass is 16.5. The van der Waals surface area contributed by atoms with E-state index in [1.54, 1.807) is 0 Å². The van der Waals surface area contributed by atoms with Gasteiger partial charge in [-0.3, -0.25) is 4.79 Å². The van der Waals surface area contributed by atoms with Gasteiger partial charge >= 0.3 is 0 Å². The molecule has 3 rings (SSSR count). The molecule has 1 N–H and O–H groups in total. The van der Waals surface area contributed by atoms with Gasteiger partial charge in [-0.25, -0.2) is 4.98 Å². The van der Waals surface area contributed by atoms with Crippen LogP contribution in [0, 0.1) is 12.8 Å². The van der Waals surface area contributed by atoms with Gasteiger partial charge in [0, 0.05) is 31.8 Å². The zero-order chi connectivity index (χ0) is 13.4. The van der Waals surface area contributed by atoms with Gasteiger partial charge in [-0.15, -0.1) is 0 Å². The lowest BCUT2D eigenvalue weighted by Gasteiger charge is -2.24. The molecule has 0 spiro atoms. The molecule has 19 heavy (non-hydrogen) atoms. The highest BCUT2D eigenvalue weighted by Crippen LogP contribution is 2.34. The molecule has 2 heterocycles. The molecular formula is C14H21N3O2. The topological polar surface area (TPSA) is 56.1 Å². The molecule has 1 aromatic rings. The first kappa shape index (κ1) is 12.7. The van der Waals surface area contributed by atoms with E-state index >= 15 is 0 Å². The maximum absolute atomic E-state index is 12.1. The van der Waals surface area contributed by atoms with Crippen molar-refractivity contribution in [3.8, 4) is 0 Å². The molecule has 1 amide bonds. The van der Waals surface area contributed by atoms with Crippen molar-refractivity contribution in [3.63, 3.8) is 0 Å². The predicted molar refractivity (Wildman–Crippen MR) is 70.7 cm³/mol. The molecule has 1 fully saturated rings. The van der Waals surface area contributed by atoms with Crippen LogP contribution in [0.3, 0.4) is 0 Å². The summed E-state index contributed by atoms with van der Waals surface area (Å²) in [5.74, 6) is 1.37. The summed E-state index contributed by atoms with van der Waals surface area (Å²) in [7, 11) is 0. The van der Waals surface area contributed by atoms with Crippen LogP contribution in [-0.4, -0.2) is 34.2 Å². The second-order valence-electron chi connectivity index (χ2n) is 5.53. The summed E-state index contributed by atoms with van der Waals surface area (Å²) in [6, 6.07) is 0.233. The Bertz CT molecular complexity index is 483. The van der Waals surface area contributed by atoms with E-state index in [1.807, 2.05) is 13.8 Å². The number of nitrogens with one attached hydrogen (secondary N) is 1. The number of imidazole rings is 1. The van der Waals surface area contributed by atoms with Crippen LogP contribution in [0.15, 0.2) is 6.20 Å². The molecule has 1 saturated carbocycles. The van der Waals surface area contributed by atoms with Gasteiger partial charge in [-0.2, -0.15) is 0 Å². The van der Waals surface area contributed by atoms with E-state index in [0.29, 0.717) is 6.61 Å². The Hall–Kier alpha value is -1.36. The molecule has 0 saturated heterocycles. The minimum atomic E-state index is 0.0749. The molecule has 0 radical (unpaired) electrons. The number of hydrogen-bond acceptors (Lipinski definition) is 3. The summed E-state index contributed by atoms with van der Waals surface area (Å²) >= 11 is 0. The Balaban J connectivity index is 1.53. The number of aromatic nitrogens is 2. The number of hydrogen-bond donors (Lipinski definition) is 1. The van der Waals surface area contributed by atoms with Gasteiger partial charge in [0.25, 0.3) is 0 Å². The summed E-state index contributed by atoms with van der Waals surface area (Å²) < 4.78 is 7.62. The average Bonchev–Trinajstić information content (AvgIpc) is 3.03. The maximum Gasteiger partial charge on any atom is 0.226 e. The monoisotopic (exact) mass is 263 g/mol. The fraction of sp³-hybridized carbons (Fsp3) is 0.714. The van der Waals surface area contributed by atoms with Gasteiger partial charge in [-0.05, 0) is 26.7 Å². The molecule has 0 unspecified atom stereocenters. The van der Waals surface area contributed by atoms with Crippen molar-refractivity contribution in [1.82, 2.24) is 14.9 Å². The first-order valence-electron chi connectivity index (χ1n) is 7.12. The molecule has 1 aliphatic heterocycles. The third kappa shape index (κ3) is 2.66. The number of carbonyl (C=O) groups excluding carboxylic acids is 1. The largest absolute Gasteiger partial charge is 0.378 e. The van der Waals surface area contributed by atoms with Crippen molar-refractivity contribution >= 4 is 5.91 Å². The standard InChI is InChI=1S/C14H21N3O2/c1-3-19-12-6-11(12)14(18)16-10-4-5-13-15-9(2)7-17(13)8-10/h7,10-12H,3-6,8H2,1-2H3,(H,16,18)/t10-,11+,12+/m0/s1. The number of aryl methyl sites for hydroxylation is 2. The minimum absolute atomic E-state index is 0.0749. The second-order valence-corrected chi connectivity index (χ2v) is 5.53. The molecule has 0 aromatic carbocycles. The fourth-order valence-electron chi connectivity index (χ4n) is 2.86. The molecule has 3 atom stereocenters. The zero-order valence-corrected chi connectivity index (χ0v) is 11.6. The third-order valence-corrected chi connectivity index (χ3v) is 3.91. The Morgan fingerprint density at radius 1 is 1.63 bits per heavy atom. The van der Waals surface area contributed by atoms with E-state index < -0.39 is 0 Å². The Kier molecular flexibility index (Phi) is 3.31. The molecule has 104 valence electrons. The van der Waals surface area contributed by atoms with Crippen molar-refractivity contribution in [3.05, 3.63) is 17.7 Å². The van der Waals surface area contributed by atoms with E-state index in [4.69, 9.17) is 4.74 Å². The normalized spacial score (nSPS) is 28.8. The lowest BCUT2D eigenvalue weighted by atomic mass is 10.1. The summed E-state index contributed by atoms with van der Waals surface area (Å²) in [5, 5.41) is 3.15. The number of rotatable bonds is 4. The quantitative estimate of drug-likeness (QED) is 0.883. The van der Waals surface area contributed by atoms with E-state index in [0.717, 1.165) is 37.3 Å². The van der Waals surface area contributed by atoms with Crippen molar-refractivity contribution in [2.45, 2.75) is 51.8 Å². The Morgan fingerprint density at radius 3 is 3.26 bits per heavy atom. The Labute approximate surface area is 113 Å². The Morgan fingerprint density at radius 2 is 2.47 bits per heavy atom. The van der Waals surface area contributed by atoms with E-state index in [2.05, 4.69) is 21.1 Å². The average molecular weight is 263 g/mol. The summed E-state index contributed by atoms with van der Waals surface area (Å²) in [5.41, 5.74) is 1.06. The second kappa shape index (κ2) is 4.96. The van der Waals surface area contributed by atoms with Gasteiger partial charge in [0.05, 0.1) is 17.7 Å². The highest BCUT2D eigenvalue weighted by Gasteiger charge is 2.44. The molecule has 0 bridgehead atoms. The van der Waals surface area contributed by atoms with Crippen LogP contribution in [0.5, 0.6) is 0 Å². The first-order chi connectivity index (χ1) is 9.17. The number of carbonyl (C=O) groups is 1. The molecule has 1 aliphatic carbocycles. The molecular weight excluding hydrogens is 242 g/mol. The molecule has 5 heteroatoms. The lowest BCUT2D eigenvalue weighted by molar-refractivity contribution is -0.124. The van der Waals surface area contributed by atoms with Crippen LogP contribution in [0.25, 0.3) is 0 Å². The van der Waals surface area contributed by atoms with Crippen molar-refractivity contribution in [2.75, 3.05) is 6.61 Å². The predicted octanol–water partition coefficient (Wildman–Crippen LogP) is 1.05. The van der Waals surface area contributed by atoms with Crippen LogP contribution >= 0.6 is 0 Å². The maximum atomic E-state index is 12.1. The summed E-state index contributed by atoms with van der Waals surface area (Å²) in [4.78, 5) is 16.5. The molecule has 5 nitrogen and oxygen atoms in total. The lowest BCUT2D eigenvalue weighted by Crippen LogP contribution is -2.42. The van der Waals surface area contributed by atoms with E-state index in [-0.39, 0.29) is 24.0 Å². The number of nitrogens with zero attached hydrogens (tertiary/aromatic N) is 2. The number of amides is 1. The van der Waals surface area contributed by atoms with Gasteiger partial charge < -0.3 is 14.6 Å². The van der Waals surface area contributed by atoms with Crippen LogP contribution in [-0.2, 0) is 22.5 Å². The van der Waals surface area contributed by atoms with Crippen molar-refractivity contribution < 1.29 is 9.53 Å². The summed E-state index contributed by atoms with van der Waals surface area (Å²) in [6.07, 6.45) is 5.02. The van der Waals surface area contributed by atoms with Gasteiger partial charge in [0.1, 0.15) is 5.82 Å². The number of ether oxygens (including phenoxy) is 1. The van der Waals surface area contributed by atoms with Crippen LogP contribution in [0.1, 0.15) is 31.3 Å². The minimum Gasteiger partial charge on any atom is -0.378 e. The summed E-state index contributed by atoms with van der Waals surface area (Å²) in [6.45, 7) is 5.51. The van der Waals surface area contributed by atoms with Gasteiger partial charge in [0.15, 0.2) is 0 Å². The van der Waals surface area contributed by atoms with Crippen molar-refractivity contribution in [1.29, 1.82) is 0 Å². The van der Waals surface area contributed by atoms with Gasteiger partial charge in [-0.1, -0.05) is 0 Å². The molecule has 2 aliphatic rings. The smallest absolute Gasteiger partial charge is 0.226 e. The van der Waals surface area contributed by atoms with Crippen LogP contribution < -0.4 is 5.32 Å². The number of fused-ring (bicyclic) bond motifs is 1. The fourth-order valence-corrected chi connectivity index (χ4v) is 2.86. The van der Waals surface area contributed by atoms with Crippen molar-refractivity contribution in [2.24, 2.45) is 5.92 Å². The van der Waals surface area contributed by atoms with E-state index in [9.17, 15) is 4.79 Å². The van der Waals surface area contributed by atoms with Crippen LogP contribution in [0.4, 0.5) is 0 Å².